The molecule has 0 aliphatic heterocycles. The zero-order valence-electron chi connectivity index (χ0n) is 16.6. The van der Waals surface area contributed by atoms with Gasteiger partial charge in [-0.3, -0.25) is 0 Å². The number of esters is 1. The Morgan fingerprint density at radius 2 is 1.92 bits per heavy atom. The minimum absolute atomic E-state index is 0.221. The van der Waals surface area contributed by atoms with Gasteiger partial charge in [-0.1, -0.05) is 64.5 Å². The van der Waals surface area contributed by atoms with E-state index < -0.39 is 12.2 Å². The number of hydrogen-bond donors (Lipinski definition) is 2. The SMILES string of the molecule is CCCCCCSC1=C(C(=O)OC)C[C@@H](O)[C@@H]1C=C[C@@H](O)CCCCC. The van der Waals surface area contributed by atoms with Crippen molar-refractivity contribution < 1.29 is 19.7 Å². The van der Waals surface area contributed by atoms with Crippen molar-refractivity contribution >= 4 is 17.7 Å². The second-order valence-corrected chi connectivity index (χ2v) is 8.13. The zero-order chi connectivity index (χ0) is 19.4. The van der Waals surface area contributed by atoms with E-state index in [1.807, 2.05) is 6.08 Å². The molecule has 1 aliphatic carbocycles. The second kappa shape index (κ2) is 13.4. The number of carbonyl (C=O) groups is 1. The van der Waals surface area contributed by atoms with E-state index in [9.17, 15) is 15.0 Å². The Kier molecular flexibility index (Phi) is 12.0. The van der Waals surface area contributed by atoms with E-state index in [1.165, 1.54) is 26.4 Å². The minimum Gasteiger partial charge on any atom is -0.466 e. The number of carbonyl (C=O) groups excluding carboxylic acids is 1. The number of rotatable bonds is 13. The Labute approximate surface area is 163 Å². The third kappa shape index (κ3) is 7.85. The average Bonchev–Trinajstić information content (AvgIpc) is 2.95. The van der Waals surface area contributed by atoms with E-state index >= 15 is 0 Å². The molecule has 0 aromatic carbocycles. The molecule has 0 fully saturated rings. The summed E-state index contributed by atoms with van der Waals surface area (Å²) in [6.45, 7) is 4.32. The molecular formula is C21H36O4S. The quantitative estimate of drug-likeness (QED) is 0.276. The largest absolute Gasteiger partial charge is 0.466 e. The van der Waals surface area contributed by atoms with Crippen molar-refractivity contribution in [3.8, 4) is 0 Å². The molecule has 1 rings (SSSR count). The molecule has 2 N–H and O–H groups in total. The maximum atomic E-state index is 12.1. The molecule has 0 spiro atoms. The number of unbranched alkanes of at least 4 members (excludes halogenated alkanes) is 5. The van der Waals surface area contributed by atoms with Crippen molar-refractivity contribution in [2.45, 2.75) is 83.8 Å². The molecular weight excluding hydrogens is 348 g/mol. The number of methoxy groups -OCH3 is 1. The van der Waals surface area contributed by atoms with Crippen LogP contribution in [0.5, 0.6) is 0 Å². The Hall–Kier alpha value is -0.780. The first kappa shape index (κ1) is 23.3. The van der Waals surface area contributed by atoms with E-state index in [2.05, 4.69) is 13.8 Å². The lowest BCUT2D eigenvalue weighted by atomic mass is 10.0. The predicted octanol–water partition coefficient (Wildman–Crippen LogP) is 4.61. The van der Waals surface area contributed by atoms with Gasteiger partial charge in [0.15, 0.2) is 0 Å². The molecule has 0 aromatic heterocycles. The Bertz CT molecular complexity index is 473. The molecule has 0 saturated heterocycles. The van der Waals surface area contributed by atoms with Crippen LogP contribution in [0.3, 0.4) is 0 Å². The molecule has 0 bridgehead atoms. The third-order valence-electron chi connectivity index (χ3n) is 4.76. The average molecular weight is 385 g/mol. The predicted molar refractivity (Wildman–Crippen MR) is 109 cm³/mol. The number of hydrogen-bond acceptors (Lipinski definition) is 5. The van der Waals surface area contributed by atoms with E-state index in [-0.39, 0.29) is 11.9 Å². The molecule has 0 unspecified atom stereocenters. The lowest BCUT2D eigenvalue weighted by molar-refractivity contribution is -0.136. The fourth-order valence-corrected chi connectivity index (χ4v) is 4.51. The van der Waals surface area contributed by atoms with Gasteiger partial charge in [0.1, 0.15) is 0 Å². The van der Waals surface area contributed by atoms with Crippen molar-refractivity contribution in [3.05, 3.63) is 22.6 Å². The van der Waals surface area contributed by atoms with Gasteiger partial charge in [0.2, 0.25) is 0 Å². The van der Waals surface area contributed by atoms with Crippen molar-refractivity contribution in [1.82, 2.24) is 0 Å². The molecule has 0 amide bonds. The topological polar surface area (TPSA) is 66.8 Å². The lowest BCUT2D eigenvalue weighted by Gasteiger charge is -2.15. The van der Waals surface area contributed by atoms with Gasteiger partial charge in [0, 0.05) is 22.8 Å². The Balaban J connectivity index is 2.75. The van der Waals surface area contributed by atoms with Crippen LogP contribution in [0.2, 0.25) is 0 Å². The summed E-state index contributed by atoms with van der Waals surface area (Å²) in [6.07, 6.45) is 11.5. The Morgan fingerprint density at radius 1 is 1.23 bits per heavy atom. The fourth-order valence-electron chi connectivity index (χ4n) is 3.18. The van der Waals surface area contributed by atoms with Gasteiger partial charge in [-0.2, -0.15) is 0 Å². The van der Waals surface area contributed by atoms with Crippen LogP contribution < -0.4 is 0 Å². The molecule has 0 radical (unpaired) electrons. The van der Waals surface area contributed by atoms with Gasteiger partial charge in [-0.25, -0.2) is 4.79 Å². The summed E-state index contributed by atoms with van der Waals surface area (Å²) in [4.78, 5) is 13.0. The molecule has 150 valence electrons. The van der Waals surface area contributed by atoms with E-state index in [0.29, 0.717) is 12.0 Å². The van der Waals surface area contributed by atoms with Gasteiger partial charge in [0.05, 0.1) is 19.3 Å². The van der Waals surface area contributed by atoms with Crippen molar-refractivity contribution in [1.29, 1.82) is 0 Å². The maximum absolute atomic E-state index is 12.1. The molecule has 5 heteroatoms. The van der Waals surface area contributed by atoms with Crippen LogP contribution in [-0.2, 0) is 9.53 Å². The number of aliphatic hydroxyl groups is 2. The van der Waals surface area contributed by atoms with Gasteiger partial charge in [-0.15, -0.1) is 11.8 Å². The molecule has 1 aliphatic rings. The first-order chi connectivity index (χ1) is 12.5. The first-order valence-corrected chi connectivity index (χ1v) is 11.0. The zero-order valence-corrected chi connectivity index (χ0v) is 17.4. The summed E-state index contributed by atoms with van der Waals surface area (Å²) in [5.74, 6) is 0.368. The van der Waals surface area contributed by atoms with Crippen molar-refractivity contribution in [2.24, 2.45) is 5.92 Å². The van der Waals surface area contributed by atoms with Crippen LogP contribution in [0, 0.1) is 5.92 Å². The first-order valence-electron chi connectivity index (χ1n) is 10.0. The van der Waals surface area contributed by atoms with E-state index in [1.54, 1.807) is 17.8 Å². The highest BCUT2D eigenvalue weighted by Gasteiger charge is 2.35. The van der Waals surface area contributed by atoms with Crippen LogP contribution in [0.1, 0.15) is 71.6 Å². The summed E-state index contributed by atoms with van der Waals surface area (Å²) < 4.78 is 4.90. The van der Waals surface area contributed by atoms with Crippen LogP contribution >= 0.6 is 11.8 Å². The van der Waals surface area contributed by atoms with Crippen LogP contribution in [-0.4, -0.2) is 41.3 Å². The number of thioether (sulfide) groups is 1. The van der Waals surface area contributed by atoms with Crippen molar-refractivity contribution in [3.63, 3.8) is 0 Å². The monoisotopic (exact) mass is 384 g/mol. The summed E-state index contributed by atoms with van der Waals surface area (Å²) in [7, 11) is 1.38. The normalized spacial score (nSPS) is 21.6. The van der Waals surface area contributed by atoms with Gasteiger partial charge in [0.25, 0.3) is 0 Å². The summed E-state index contributed by atoms with van der Waals surface area (Å²) >= 11 is 1.66. The third-order valence-corrected chi connectivity index (χ3v) is 6.08. The number of ether oxygens (including phenoxy) is 1. The molecule has 0 heterocycles. The van der Waals surface area contributed by atoms with Gasteiger partial charge < -0.3 is 14.9 Å². The summed E-state index contributed by atoms with van der Waals surface area (Å²) in [6, 6.07) is 0. The standard InChI is InChI=1S/C21H36O4S/c1-4-6-8-10-14-26-20-17(13-12-16(22)11-9-7-5-2)19(23)15-18(20)21(24)25-3/h12-13,16-17,19,22-23H,4-11,14-15H2,1-3H3/t16-,17-,19+/m0/s1. The second-order valence-electron chi connectivity index (χ2n) is 6.99. The summed E-state index contributed by atoms with van der Waals surface area (Å²) in [5, 5.41) is 20.6. The van der Waals surface area contributed by atoms with Crippen LogP contribution in [0.4, 0.5) is 0 Å². The smallest absolute Gasteiger partial charge is 0.334 e. The molecule has 0 aromatic rings. The Morgan fingerprint density at radius 3 is 2.58 bits per heavy atom. The fraction of sp³-hybridized carbons (Fsp3) is 0.762. The highest BCUT2D eigenvalue weighted by molar-refractivity contribution is 8.03. The maximum Gasteiger partial charge on any atom is 0.334 e. The lowest BCUT2D eigenvalue weighted by Crippen LogP contribution is -2.14. The molecule has 4 nitrogen and oxygen atoms in total. The van der Waals surface area contributed by atoms with Crippen LogP contribution in [0.15, 0.2) is 22.6 Å². The highest BCUT2D eigenvalue weighted by atomic mass is 32.2. The molecule has 0 saturated carbocycles. The van der Waals surface area contributed by atoms with Crippen LogP contribution in [0.25, 0.3) is 0 Å². The number of aliphatic hydroxyl groups excluding tert-OH is 2. The van der Waals surface area contributed by atoms with E-state index in [4.69, 9.17) is 4.74 Å². The minimum atomic E-state index is -0.624. The molecule has 26 heavy (non-hydrogen) atoms. The molecule has 3 atom stereocenters. The van der Waals surface area contributed by atoms with E-state index in [0.717, 1.165) is 42.8 Å². The van der Waals surface area contributed by atoms with Gasteiger partial charge in [-0.05, 0) is 18.6 Å². The van der Waals surface area contributed by atoms with Gasteiger partial charge >= 0.3 is 5.97 Å². The van der Waals surface area contributed by atoms with Crippen molar-refractivity contribution in [2.75, 3.05) is 12.9 Å². The summed E-state index contributed by atoms with van der Waals surface area (Å²) in [5.41, 5.74) is 0.593. The highest BCUT2D eigenvalue weighted by Crippen LogP contribution is 2.41.